The Labute approximate surface area is 160 Å². The molecule has 0 aliphatic carbocycles. The summed E-state index contributed by atoms with van der Waals surface area (Å²) in [6.07, 6.45) is 2.12. The highest BCUT2D eigenvalue weighted by Crippen LogP contribution is 2.23. The van der Waals surface area contributed by atoms with Gasteiger partial charge in [0.1, 0.15) is 5.75 Å². The van der Waals surface area contributed by atoms with E-state index in [0.717, 1.165) is 11.1 Å². The molecule has 0 atom stereocenters. The number of halogens is 3. The highest BCUT2D eigenvalue weighted by Gasteiger charge is 2.31. The largest absolute Gasteiger partial charge is 0.573 e. The SMILES string of the molecule is Cn1cc(/C=C/C(=O)N2CCN(Cc3ccc(OC(F)(F)F)cc3)CC2)cn1. The van der Waals surface area contributed by atoms with Crippen molar-refractivity contribution in [2.24, 2.45) is 7.05 Å². The van der Waals surface area contributed by atoms with Crippen molar-refractivity contribution in [1.82, 2.24) is 19.6 Å². The van der Waals surface area contributed by atoms with E-state index >= 15 is 0 Å². The summed E-state index contributed by atoms with van der Waals surface area (Å²) in [4.78, 5) is 16.2. The van der Waals surface area contributed by atoms with Crippen molar-refractivity contribution in [3.63, 3.8) is 0 Å². The smallest absolute Gasteiger partial charge is 0.406 e. The topological polar surface area (TPSA) is 50.6 Å². The molecule has 9 heteroatoms. The van der Waals surface area contributed by atoms with Gasteiger partial charge in [0.15, 0.2) is 0 Å². The molecule has 1 fully saturated rings. The minimum absolute atomic E-state index is 0.0443. The molecular weight excluding hydrogens is 373 g/mol. The molecule has 0 spiro atoms. The van der Waals surface area contributed by atoms with Crippen LogP contribution in [0.4, 0.5) is 13.2 Å². The van der Waals surface area contributed by atoms with Crippen LogP contribution in [-0.4, -0.2) is 58.0 Å². The summed E-state index contributed by atoms with van der Waals surface area (Å²) >= 11 is 0. The van der Waals surface area contributed by atoms with Crippen LogP contribution >= 0.6 is 0 Å². The third-order valence-corrected chi connectivity index (χ3v) is 4.39. The van der Waals surface area contributed by atoms with E-state index in [4.69, 9.17) is 0 Å². The van der Waals surface area contributed by atoms with Gasteiger partial charge in [0.25, 0.3) is 0 Å². The Morgan fingerprint density at radius 1 is 1.18 bits per heavy atom. The number of piperazine rings is 1. The number of amides is 1. The lowest BCUT2D eigenvalue weighted by Crippen LogP contribution is -2.47. The molecule has 1 amide bonds. The molecule has 150 valence electrons. The molecule has 1 aliphatic heterocycles. The molecule has 1 aromatic heterocycles. The van der Waals surface area contributed by atoms with Crippen LogP contribution in [0.2, 0.25) is 0 Å². The van der Waals surface area contributed by atoms with Crippen LogP contribution in [0.3, 0.4) is 0 Å². The molecule has 0 saturated carbocycles. The molecule has 3 rings (SSSR count). The van der Waals surface area contributed by atoms with Crippen molar-refractivity contribution in [3.8, 4) is 5.75 Å². The van der Waals surface area contributed by atoms with Crippen LogP contribution in [0.5, 0.6) is 5.75 Å². The zero-order chi connectivity index (χ0) is 20.1. The van der Waals surface area contributed by atoms with Crippen molar-refractivity contribution in [1.29, 1.82) is 0 Å². The maximum Gasteiger partial charge on any atom is 0.573 e. The van der Waals surface area contributed by atoms with E-state index in [0.29, 0.717) is 32.7 Å². The lowest BCUT2D eigenvalue weighted by atomic mass is 10.2. The lowest BCUT2D eigenvalue weighted by molar-refractivity contribution is -0.274. The molecule has 1 saturated heterocycles. The van der Waals surface area contributed by atoms with Crippen LogP contribution in [0.25, 0.3) is 6.08 Å². The van der Waals surface area contributed by atoms with Gasteiger partial charge in [-0.25, -0.2) is 0 Å². The molecule has 28 heavy (non-hydrogen) atoms. The number of carbonyl (C=O) groups is 1. The van der Waals surface area contributed by atoms with Gasteiger partial charge in [0, 0.05) is 57.6 Å². The molecular formula is C19H21F3N4O2. The highest BCUT2D eigenvalue weighted by molar-refractivity contribution is 5.91. The number of alkyl halides is 3. The van der Waals surface area contributed by atoms with Crippen molar-refractivity contribution in [3.05, 3.63) is 53.9 Å². The molecule has 6 nitrogen and oxygen atoms in total. The molecule has 1 aliphatic rings. The first kappa shape index (κ1) is 19.9. The number of aryl methyl sites for hydroxylation is 1. The summed E-state index contributed by atoms with van der Waals surface area (Å²) in [7, 11) is 1.81. The number of hydrogen-bond donors (Lipinski definition) is 0. The van der Waals surface area contributed by atoms with E-state index in [1.807, 2.05) is 13.2 Å². The summed E-state index contributed by atoms with van der Waals surface area (Å²) in [5.41, 5.74) is 1.76. The number of rotatable bonds is 5. The Morgan fingerprint density at radius 3 is 2.43 bits per heavy atom. The minimum atomic E-state index is -4.68. The second-order valence-corrected chi connectivity index (χ2v) is 6.57. The third-order valence-electron chi connectivity index (χ3n) is 4.39. The standard InChI is InChI=1S/C19H21F3N4O2/c1-24-13-16(12-23-24)4-7-18(27)26-10-8-25(9-11-26)14-15-2-5-17(6-3-15)28-19(20,21)22/h2-7,12-13H,8-11,14H2,1H3/b7-4+. The molecule has 0 unspecified atom stereocenters. The van der Waals surface area contributed by atoms with Gasteiger partial charge in [0.2, 0.25) is 5.91 Å². The molecule has 0 N–H and O–H groups in total. The van der Waals surface area contributed by atoms with E-state index < -0.39 is 6.36 Å². The number of aromatic nitrogens is 2. The van der Waals surface area contributed by atoms with E-state index in [9.17, 15) is 18.0 Å². The fourth-order valence-corrected chi connectivity index (χ4v) is 2.98. The summed E-state index contributed by atoms with van der Waals surface area (Å²) in [6, 6.07) is 5.86. The highest BCUT2D eigenvalue weighted by atomic mass is 19.4. The first-order valence-electron chi connectivity index (χ1n) is 8.81. The van der Waals surface area contributed by atoms with Crippen molar-refractivity contribution in [2.45, 2.75) is 12.9 Å². The van der Waals surface area contributed by atoms with Crippen molar-refractivity contribution in [2.75, 3.05) is 26.2 Å². The van der Waals surface area contributed by atoms with Crippen molar-refractivity contribution >= 4 is 12.0 Å². The van der Waals surface area contributed by atoms with E-state index in [-0.39, 0.29) is 11.7 Å². The molecule has 2 aromatic rings. The van der Waals surface area contributed by atoms with Crippen LogP contribution in [-0.2, 0) is 18.4 Å². The Bertz CT molecular complexity index is 822. The van der Waals surface area contributed by atoms with Gasteiger partial charge in [-0.3, -0.25) is 14.4 Å². The third kappa shape index (κ3) is 5.85. The second kappa shape index (κ2) is 8.47. The fraction of sp³-hybridized carbons (Fsp3) is 0.368. The minimum Gasteiger partial charge on any atom is -0.406 e. The van der Waals surface area contributed by atoms with Gasteiger partial charge >= 0.3 is 6.36 Å². The molecule has 1 aromatic carbocycles. The quantitative estimate of drug-likeness (QED) is 0.732. The summed E-state index contributed by atoms with van der Waals surface area (Å²) in [5, 5.41) is 4.05. The predicted octanol–water partition coefficient (Wildman–Crippen LogP) is 2.68. The predicted molar refractivity (Wildman–Crippen MR) is 97.2 cm³/mol. The normalized spacial score (nSPS) is 15.9. The average Bonchev–Trinajstić information content (AvgIpc) is 3.06. The van der Waals surface area contributed by atoms with Crippen LogP contribution < -0.4 is 4.74 Å². The van der Waals surface area contributed by atoms with Gasteiger partial charge in [-0.05, 0) is 23.8 Å². The second-order valence-electron chi connectivity index (χ2n) is 6.57. The van der Waals surface area contributed by atoms with E-state index in [2.05, 4.69) is 14.7 Å². The first-order chi connectivity index (χ1) is 13.3. The van der Waals surface area contributed by atoms with Crippen LogP contribution in [0, 0.1) is 0 Å². The Balaban J connectivity index is 1.46. The Hall–Kier alpha value is -2.81. The van der Waals surface area contributed by atoms with Gasteiger partial charge in [-0.15, -0.1) is 13.2 Å². The van der Waals surface area contributed by atoms with Gasteiger partial charge in [-0.1, -0.05) is 12.1 Å². The van der Waals surface area contributed by atoms with Gasteiger partial charge in [-0.2, -0.15) is 5.10 Å². The average molecular weight is 394 g/mol. The Kier molecular flexibility index (Phi) is 6.03. The van der Waals surface area contributed by atoms with E-state index in [1.165, 1.54) is 12.1 Å². The maximum atomic E-state index is 12.3. The van der Waals surface area contributed by atoms with Crippen molar-refractivity contribution < 1.29 is 22.7 Å². The first-order valence-corrected chi connectivity index (χ1v) is 8.81. The number of hydrogen-bond acceptors (Lipinski definition) is 4. The van der Waals surface area contributed by atoms with Gasteiger partial charge in [0.05, 0.1) is 6.20 Å². The maximum absolute atomic E-state index is 12.3. The zero-order valence-electron chi connectivity index (χ0n) is 15.4. The van der Waals surface area contributed by atoms with Gasteiger partial charge < -0.3 is 9.64 Å². The van der Waals surface area contributed by atoms with Crippen LogP contribution in [0.1, 0.15) is 11.1 Å². The lowest BCUT2D eigenvalue weighted by Gasteiger charge is -2.34. The summed E-state index contributed by atoms with van der Waals surface area (Å²) in [5.74, 6) is -0.274. The number of benzene rings is 1. The molecule has 2 heterocycles. The summed E-state index contributed by atoms with van der Waals surface area (Å²) in [6.45, 7) is 3.22. The fourth-order valence-electron chi connectivity index (χ4n) is 2.98. The van der Waals surface area contributed by atoms with Crippen LogP contribution in [0.15, 0.2) is 42.7 Å². The number of nitrogens with zero attached hydrogens (tertiary/aromatic N) is 4. The summed E-state index contributed by atoms with van der Waals surface area (Å²) < 4.78 is 42.1. The molecule has 0 radical (unpaired) electrons. The zero-order valence-corrected chi connectivity index (χ0v) is 15.4. The Morgan fingerprint density at radius 2 is 1.86 bits per heavy atom. The molecule has 0 bridgehead atoms. The monoisotopic (exact) mass is 394 g/mol. The van der Waals surface area contributed by atoms with E-state index in [1.54, 1.807) is 40.1 Å². The number of carbonyl (C=O) groups excluding carboxylic acids is 1. The number of ether oxygens (including phenoxy) is 1.